The predicted molar refractivity (Wildman–Crippen MR) is 98.4 cm³/mol. The van der Waals surface area contributed by atoms with Crippen LogP contribution in [-0.2, 0) is 14.3 Å². The Balaban J connectivity index is 1.59. The van der Waals surface area contributed by atoms with E-state index in [1.54, 1.807) is 53.4 Å². The molecule has 6 nitrogen and oxygen atoms in total. The quantitative estimate of drug-likeness (QED) is 0.817. The molecule has 1 fully saturated rings. The van der Waals surface area contributed by atoms with E-state index in [0.29, 0.717) is 29.4 Å². The second kappa shape index (κ2) is 8.01. The maximum absolute atomic E-state index is 12.2. The molecule has 0 atom stereocenters. The van der Waals surface area contributed by atoms with Crippen LogP contribution in [0.3, 0.4) is 0 Å². The maximum atomic E-state index is 12.2. The van der Waals surface area contributed by atoms with Crippen molar-refractivity contribution in [2.24, 2.45) is 0 Å². The number of nitrogens with one attached hydrogen (secondary N) is 1. The van der Waals surface area contributed by atoms with Crippen molar-refractivity contribution in [1.29, 1.82) is 0 Å². The first-order chi connectivity index (χ1) is 12.5. The molecular formula is C19H17ClN2O4. The van der Waals surface area contributed by atoms with Crippen LogP contribution in [0.1, 0.15) is 23.2 Å². The fourth-order valence-electron chi connectivity index (χ4n) is 2.69. The van der Waals surface area contributed by atoms with Crippen LogP contribution >= 0.6 is 11.6 Å². The molecule has 2 aromatic rings. The number of hydrogen-bond acceptors (Lipinski definition) is 4. The Hall–Kier alpha value is -2.86. The summed E-state index contributed by atoms with van der Waals surface area (Å²) in [6.07, 6.45) is 1.31. The Bertz CT molecular complexity index is 853. The second-order valence-corrected chi connectivity index (χ2v) is 6.21. The van der Waals surface area contributed by atoms with Gasteiger partial charge in [-0.15, -0.1) is 0 Å². The highest BCUT2D eigenvalue weighted by Crippen LogP contribution is 2.23. The number of amides is 2. The maximum Gasteiger partial charge on any atom is 0.338 e. The van der Waals surface area contributed by atoms with Crippen molar-refractivity contribution in [1.82, 2.24) is 0 Å². The smallest absolute Gasteiger partial charge is 0.338 e. The zero-order valence-electron chi connectivity index (χ0n) is 13.9. The summed E-state index contributed by atoms with van der Waals surface area (Å²) in [4.78, 5) is 37.6. The molecule has 2 aromatic carbocycles. The lowest BCUT2D eigenvalue weighted by Crippen LogP contribution is -2.24. The zero-order valence-corrected chi connectivity index (χ0v) is 14.7. The third kappa shape index (κ3) is 4.21. The Kier molecular flexibility index (Phi) is 5.53. The van der Waals surface area contributed by atoms with Crippen molar-refractivity contribution in [2.75, 3.05) is 23.4 Å². The molecule has 1 aliphatic rings. The summed E-state index contributed by atoms with van der Waals surface area (Å²) in [5.41, 5.74) is 1.39. The fraction of sp³-hybridized carbons (Fsp3) is 0.211. The molecule has 26 heavy (non-hydrogen) atoms. The first kappa shape index (κ1) is 17.9. The molecule has 0 saturated carbocycles. The van der Waals surface area contributed by atoms with Crippen LogP contribution in [0.2, 0.25) is 5.02 Å². The summed E-state index contributed by atoms with van der Waals surface area (Å²) in [7, 11) is 0. The molecule has 0 bridgehead atoms. The SMILES string of the molecule is O=C(COC(=O)c1cccc(N2CCCC2=O)c1)Nc1ccccc1Cl. The minimum atomic E-state index is -0.632. The van der Waals surface area contributed by atoms with Crippen LogP contribution in [-0.4, -0.2) is 30.9 Å². The van der Waals surface area contributed by atoms with E-state index in [2.05, 4.69) is 5.32 Å². The molecule has 1 saturated heterocycles. The highest BCUT2D eigenvalue weighted by molar-refractivity contribution is 6.33. The van der Waals surface area contributed by atoms with Crippen molar-refractivity contribution in [3.05, 3.63) is 59.1 Å². The van der Waals surface area contributed by atoms with Crippen LogP contribution in [0.4, 0.5) is 11.4 Å². The largest absolute Gasteiger partial charge is 0.452 e. The summed E-state index contributed by atoms with van der Waals surface area (Å²) in [5, 5.41) is 2.98. The summed E-state index contributed by atoms with van der Waals surface area (Å²) in [5.74, 6) is -1.08. The van der Waals surface area contributed by atoms with E-state index >= 15 is 0 Å². The van der Waals surface area contributed by atoms with Gasteiger partial charge in [0.1, 0.15) is 0 Å². The van der Waals surface area contributed by atoms with E-state index < -0.39 is 18.5 Å². The first-order valence-corrected chi connectivity index (χ1v) is 8.54. The number of carbonyl (C=O) groups is 3. The Labute approximate surface area is 155 Å². The first-order valence-electron chi connectivity index (χ1n) is 8.16. The van der Waals surface area contributed by atoms with Gasteiger partial charge in [-0.2, -0.15) is 0 Å². The molecule has 2 amide bonds. The standard InChI is InChI=1S/C19H17ClN2O4/c20-15-7-1-2-8-16(15)21-17(23)12-26-19(25)13-5-3-6-14(11-13)22-10-4-9-18(22)24/h1-3,5-8,11H,4,9-10,12H2,(H,21,23). The van der Waals surface area contributed by atoms with Gasteiger partial charge in [0.15, 0.2) is 6.61 Å². The van der Waals surface area contributed by atoms with Crippen LogP contribution in [0.25, 0.3) is 0 Å². The van der Waals surface area contributed by atoms with Crippen LogP contribution < -0.4 is 10.2 Å². The van der Waals surface area contributed by atoms with Crippen molar-refractivity contribution in [3.8, 4) is 0 Å². The number of ether oxygens (including phenoxy) is 1. The number of anilines is 2. The van der Waals surface area contributed by atoms with Gasteiger partial charge in [0.2, 0.25) is 5.91 Å². The lowest BCUT2D eigenvalue weighted by molar-refractivity contribution is -0.119. The summed E-state index contributed by atoms with van der Waals surface area (Å²) in [6.45, 7) is 0.203. The highest BCUT2D eigenvalue weighted by Gasteiger charge is 2.22. The van der Waals surface area contributed by atoms with E-state index in [1.807, 2.05) is 0 Å². The van der Waals surface area contributed by atoms with Gasteiger partial charge in [0.25, 0.3) is 5.91 Å². The van der Waals surface area contributed by atoms with E-state index in [1.165, 1.54) is 0 Å². The normalized spacial score (nSPS) is 13.6. The molecule has 134 valence electrons. The Morgan fingerprint density at radius 3 is 2.69 bits per heavy atom. The molecule has 1 aliphatic heterocycles. The van der Waals surface area contributed by atoms with E-state index in [4.69, 9.17) is 16.3 Å². The molecular weight excluding hydrogens is 356 g/mol. The van der Waals surface area contributed by atoms with Crippen molar-refractivity contribution < 1.29 is 19.1 Å². The highest BCUT2D eigenvalue weighted by atomic mass is 35.5. The third-order valence-electron chi connectivity index (χ3n) is 3.95. The number of benzene rings is 2. The van der Waals surface area contributed by atoms with Crippen molar-refractivity contribution in [3.63, 3.8) is 0 Å². The molecule has 0 aliphatic carbocycles. The number of rotatable bonds is 5. The van der Waals surface area contributed by atoms with Gasteiger partial charge in [0.05, 0.1) is 16.3 Å². The third-order valence-corrected chi connectivity index (χ3v) is 4.28. The van der Waals surface area contributed by atoms with E-state index in [9.17, 15) is 14.4 Å². The zero-order chi connectivity index (χ0) is 18.5. The average molecular weight is 373 g/mol. The second-order valence-electron chi connectivity index (χ2n) is 5.80. The number of carbonyl (C=O) groups excluding carboxylic acids is 3. The van der Waals surface area contributed by atoms with Gasteiger partial charge >= 0.3 is 5.97 Å². The lowest BCUT2D eigenvalue weighted by Gasteiger charge is -2.16. The van der Waals surface area contributed by atoms with Gasteiger partial charge in [-0.1, -0.05) is 29.8 Å². The molecule has 0 spiro atoms. The number of hydrogen-bond donors (Lipinski definition) is 1. The number of esters is 1. The minimum absolute atomic E-state index is 0.0367. The monoisotopic (exact) mass is 372 g/mol. The summed E-state index contributed by atoms with van der Waals surface area (Å²) < 4.78 is 5.05. The lowest BCUT2D eigenvalue weighted by atomic mass is 10.2. The Morgan fingerprint density at radius 1 is 1.15 bits per heavy atom. The summed E-state index contributed by atoms with van der Waals surface area (Å²) in [6, 6.07) is 13.4. The number of para-hydroxylation sites is 1. The van der Waals surface area contributed by atoms with E-state index in [-0.39, 0.29) is 11.5 Å². The van der Waals surface area contributed by atoms with Gasteiger partial charge in [-0.3, -0.25) is 9.59 Å². The van der Waals surface area contributed by atoms with Gasteiger partial charge < -0.3 is 15.0 Å². The minimum Gasteiger partial charge on any atom is -0.452 e. The fourth-order valence-corrected chi connectivity index (χ4v) is 2.87. The molecule has 7 heteroatoms. The predicted octanol–water partition coefficient (Wildman–Crippen LogP) is 3.26. The molecule has 0 aromatic heterocycles. The molecule has 3 rings (SSSR count). The van der Waals surface area contributed by atoms with Gasteiger partial charge in [0, 0.05) is 18.7 Å². The van der Waals surface area contributed by atoms with Crippen molar-refractivity contribution in [2.45, 2.75) is 12.8 Å². The van der Waals surface area contributed by atoms with Gasteiger partial charge in [-0.25, -0.2) is 4.79 Å². The number of nitrogens with zero attached hydrogens (tertiary/aromatic N) is 1. The van der Waals surface area contributed by atoms with Crippen molar-refractivity contribution >= 4 is 40.8 Å². The Morgan fingerprint density at radius 2 is 1.96 bits per heavy atom. The van der Waals surface area contributed by atoms with Crippen LogP contribution in [0.15, 0.2) is 48.5 Å². The average Bonchev–Trinajstić information content (AvgIpc) is 3.08. The summed E-state index contributed by atoms with van der Waals surface area (Å²) >= 11 is 5.96. The van der Waals surface area contributed by atoms with Gasteiger partial charge in [-0.05, 0) is 36.8 Å². The molecule has 1 N–H and O–H groups in total. The molecule has 0 unspecified atom stereocenters. The van der Waals surface area contributed by atoms with E-state index in [0.717, 1.165) is 6.42 Å². The van der Waals surface area contributed by atoms with Crippen LogP contribution in [0.5, 0.6) is 0 Å². The molecule has 1 heterocycles. The number of halogens is 1. The topological polar surface area (TPSA) is 75.7 Å². The molecule has 0 radical (unpaired) electrons. The van der Waals surface area contributed by atoms with Crippen LogP contribution in [0, 0.1) is 0 Å².